The second-order valence-corrected chi connectivity index (χ2v) is 7.39. The van der Waals surface area contributed by atoms with E-state index in [1.54, 1.807) is 17.0 Å². The summed E-state index contributed by atoms with van der Waals surface area (Å²) < 4.78 is 5.73. The van der Waals surface area contributed by atoms with Crippen LogP contribution in [0.25, 0.3) is 0 Å². The first-order valence-corrected chi connectivity index (χ1v) is 8.71. The van der Waals surface area contributed by atoms with Gasteiger partial charge in [0, 0.05) is 25.0 Å². The highest BCUT2D eigenvalue weighted by molar-refractivity contribution is 6.42. The molecule has 0 atom stereocenters. The summed E-state index contributed by atoms with van der Waals surface area (Å²) in [5.74, 6) is 0.945. The molecule has 24 heavy (non-hydrogen) atoms. The number of piperidine rings is 1. The van der Waals surface area contributed by atoms with Crippen LogP contribution in [0.1, 0.15) is 41.6 Å². The largest absolute Gasteiger partial charge is 0.456 e. The van der Waals surface area contributed by atoms with Crippen molar-refractivity contribution in [3.63, 3.8) is 0 Å². The van der Waals surface area contributed by atoms with Crippen molar-refractivity contribution < 1.29 is 9.21 Å². The molecule has 0 unspecified atom stereocenters. The van der Waals surface area contributed by atoms with E-state index < -0.39 is 0 Å². The lowest BCUT2D eigenvalue weighted by Gasteiger charge is -2.36. The van der Waals surface area contributed by atoms with Gasteiger partial charge in [-0.3, -0.25) is 4.79 Å². The van der Waals surface area contributed by atoms with Crippen molar-refractivity contribution >= 4 is 29.1 Å². The Labute approximate surface area is 151 Å². The fraction of sp³-hybridized carbons (Fsp3) is 0.389. The molecule has 0 radical (unpaired) electrons. The van der Waals surface area contributed by atoms with Gasteiger partial charge in [0.05, 0.1) is 10.0 Å². The summed E-state index contributed by atoms with van der Waals surface area (Å²) in [5.41, 5.74) is 6.79. The number of hydrogen-bond acceptors (Lipinski definition) is 3. The van der Waals surface area contributed by atoms with E-state index in [9.17, 15) is 4.79 Å². The number of nitrogens with zero attached hydrogens (tertiary/aromatic N) is 1. The Hall–Kier alpha value is -1.49. The average molecular weight is 367 g/mol. The summed E-state index contributed by atoms with van der Waals surface area (Å²) in [6.07, 6.45) is 2.09. The minimum absolute atomic E-state index is 0.0889. The second-order valence-electron chi connectivity index (χ2n) is 6.60. The van der Waals surface area contributed by atoms with Crippen LogP contribution >= 0.6 is 23.2 Å². The smallest absolute Gasteiger partial charge is 0.289 e. The fourth-order valence-electron chi connectivity index (χ4n) is 2.84. The molecule has 1 aromatic heterocycles. The van der Waals surface area contributed by atoms with Gasteiger partial charge in [-0.1, -0.05) is 35.3 Å². The summed E-state index contributed by atoms with van der Waals surface area (Å²) in [6, 6.07) is 9.00. The molecule has 0 saturated carbocycles. The summed E-state index contributed by atoms with van der Waals surface area (Å²) in [6.45, 7) is 3.33. The molecule has 128 valence electrons. The minimum atomic E-state index is -0.186. The van der Waals surface area contributed by atoms with E-state index >= 15 is 0 Å². The van der Waals surface area contributed by atoms with E-state index in [4.69, 9.17) is 33.4 Å². The molecule has 0 bridgehead atoms. The Bertz CT molecular complexity index is 745. The van der Waals surface area contributed by atoms with Gasteiger partial charge in [-0.25, -0.2) is 0 Å². The van der Waals surface area contributed by atoms with Crippen molar-refractivity contribution in [1.29, 1.82) is 0 Å². The first-order valence-electron chi connectivity index (χ1n) is 7.95. The summed E-state index contributed by atoms with van der Waals surface area (Å²) >= 11 is 12.2. The molecule has 0 aliphatic carbocycles. The number of rotatable bonds is 3. The Morgan fingerprint density at radius 1 is 1.25 bits per heavy atom. The average Bonchev–Trinajstić information content (AvgIpc) is 3.00. The quantitative estimate of drug-likeness (QED) is 0.887. The Kier molecular flexibility index (Phi) is 4.90. The monoisotopic (exact) mass is 366 g/mol. The molecule has 2 heterocycles. The van der Waals surface area contributed by atoms with Crippen molar-refractivity contribution in [2.75, 3.05) is 13.1 Å². The van der Waals surface area contributed by atoms with Crippen LogP contribution < -0.4 is 5.73 Å². The molecular weight excluding hydrogens is 347 g/mol. The van der Waals surface area contributed by atoms with Crippen LogP contribution in [0.3, 0.4) is 0 Å². The first kappa shape index (κ1) is 17.3. The number of carbonyl (C=O) groups excluding carboxylic acids is 1. The van der Waals surface area contributed by atoms with Crippen LogP contribution in [-0.2, 0) is 6.42 Å². The van der Waals surface area contributed by atoms with Gasteiger partial charge in [0.1, 0.15) is 5.76 Å². The Morgan fingerprint density at radius 3 is 2.67 bits per heavy atom. The maximum Gasteiger partial charge on any atom is 0.289 e. The predicted octanol–water partition coefficient (Wildman–Crippen LogP) is 4.13. The van der Waals surface area contributed by atoms with E-state index in [-0.39, 0.29) is 11.4 Å². The topological polar surface area (TPSA) is 59.5 Å². The minimum Gasteiger partial charge on any atom is -0.456 e. The van der Waals surface area contributed by atoms with Crippen LogP contribution in [0.4, 0.5) is 0 Å². The highest BCUT2D eigenvalue weighted by Gasteiger charge is 2.29. The Balaban J connectivity index is 1.69. The number of furan rings is 1. The van der Waals surface area contributed by atoms with Crippen LogP contribution in [0, 0.1) is 0 Å². The number of benzene rings is 1. The number of hydrogen-bond donors (Lipinski definition) is 1. The molecule has 2 N–H and O–H groups in total. The van der Waals surface area contributed by atoms with Crippen molar-refractivity contribution in [2.45, 2.75) is 31.7 Å². The lowest BCUT2D eigenvalue weighted by molar-refractivity contribution is 0.0647. The molecule has 2 aromatic rings. The molecule has 1 aliphatic rings. The zero-order valence-corrected chi connectivity index (χ0v) is 15.0. The van der Waals surface area contributed by atoms with Gasteiger partial charge in [-0.05, 0) is 43.5 Å². The zero-order valence-electron chi connectivity index (χ0n) is 13.5. The van der Waals surface area contributed by atoms with E-state index in [2.05, 4.69) is 0 Å². The molecule has 1 saturated heterocycles. The molecular formula is C18H20Cl2N2O2. The fourth-order valence-corrected chi connectivity index (χ4v) is 3.22. The van der Waals surface area contributed by atoms with Gasteiger partial charge in [0.25, 0.3) is 5.91 Å². The zero-order chi connectivity index (χ0) is 17.3. The van der Waals surface area contributed by atoms with Gasteiger partial charge in [0.2, 0.25) is 0 Å². The number of amides is 1. The molecule has 1 aromatic carbocycles. The van der Waals surface area contributed by atoms with E-state index in [0.29, 0.717) is 41.1 Å². The maximum atomic E-state index is 12.5. The molecule has 3 rings (SSSR count). The highest BCUT2D eigenvalue weighted by atomic mass is 35.5. The normalized spacial score (nSPS) is 17.1. The molecule has 1 fully saturated rings. The Morgan fingerprint density at radius 2 is 1.96 bits per heavy atom. The van der Waals surface area contributed by atoms with Gasteiger partial charge >= 0.3 is 0 Å². The molecule has 1 aliphatic heterocycles. The van der Waals surface area contributed by atoms with E-state index in [1.807, 2.05) is 25.1 Å². The van der Waals surface area contributed by atoms with E-state index in [1.165, 1.54) is 0 Å². The molecule has 6 heteroatoms. The van der Waals surface area contributed by atoms with Gasteiger partial charge in [0.15, 0.2) is 5.76 Å². The molecule has 4 nitrogen and oxygen atoms in total. The third-order valence-electron chi connectivity index (χ3n) is 4.46. The van der Waals surface area contributed by atoms with Crippen molar-refractivity contribution in [1.82, 2.24) is 4.90 Å². The molecule has 1 amide bonds. The number of carbonyl (C=O) groups is 1. The van der Waals surface area contributed by atoms with Gasteiger partial charge < -0.3 is 15.1 Å². The standard InChI is InChI=1S/C18H20Cl2N2O2/c1-18(21)7-9-22(10-8-18)17(23)15-6-5-13(24-15)11-12-3-2-4-14(19)16(12)20/h2-6H,7-11,21H2,1H3. The number of likely N-dealkylation sites (tertiary alicyclic amines) is 1. The van der Waals surface area contributed by atoms with Crippen LogP contribution in [0.5, 0.6) is 0 Å². The van der Waals surface area contributed by atoms with Crippen molar-refractivity contribution in [3.8, 4) is 0 Å². The molecule has 0 spiro atoms. The van der Waals surface area contributed by atoms with Crippen molar-refractivity contribution in [3.05, 3.63) is 57.5 Å². The van der Waals surface area contributed by atoms with Gasteiger partial charge in [-0.2, -0.15) is 0 Å². The maximum absolute atomic E-state index is 12.5. The first-order chi connectivity index (χ1) is 11.4. The third-order valence-corrected chi connectivity index (χ3v) is 5.32. The van der Waals surface area contributed by atoms with Crippen molar-refractivity contribution in [2.24, 2.45) is 5.73 Å². The summed E-state index contributed by atoms with van der Waals surface area (Å²) in [4.78, 5) is 14.3. The SMILES string of the molecule is CC1(N)CCN(C(=O)c2ccc(Cc3cccc(Cl)c3Cl)o2)CC1. The number of halogens is 2. The van der Waals surface area contributed by atoms with Crippen LogP contribution in [0.15, 0.2) is 34.7 Å². The van der Waals surface area contributed by atoms with Crippen LogP contribution in [-0.4, -0.2) is 29.4 Å². The predicted molar refractivity (Wildman–Crippen MR) is 95.7 cm³/mol. The van der Waals surface area contributed by atoms with Gasteiger partial charge in [-0.15, -0.1) is 0 Å². The third kappa shape index (κ3) is 3.77. The lowest BCUT2D eigenvalue weighted by Crippen LogP contribution is -2.49. The second kappa shape index (κ2) is 6.79. The number of nitrogens with two attached hydrogens (primary N) is 1. The highest BCUT2D eigenvalue weighted by Crippen LogP contribution is 2.28. The summed E-state index contributed by atoms with van der Waals surface area (Å²) in [7, 11) is 0. The lowest BCUT2D eigenvalue weighted by atomic mass is 9.91. The van der Waals surface area contributed by atoms with E-state index in [0.717, 1.165) is 18.4 Å². The summed E-state index contributed by atoms with van der Waals surface area (Å²) in [5, 5.41) is 1.02. The van der Waals surface area contributed by atoms with Crippen LogP contribution in [0.2, 0.25) is 10.0 Å².